The molecule has 0 saturated carbocycles. The average molecular weight is 809 g/mol. The molecule has 59 heavy (non-hydrogen) atoms. The Morgan fingerprint density at radius 2 is 1.00 bits per heavy atom. The Labute approximate surface area is 361 Å². The molecule has 0 radical (unpaired) electrons. The van der Waals surface area contributed by atoms with Crippen LogP contribution in [0.2, 0.25) is 0 Å². The van der Waals surface area contributed by atoms with Crippen LogP contribution in [0.25, 0.3) is 10.1 Å². The van der Waals surface area contributed by atoms with E-state index >= 15 is 0 Å². The summed E-state index contributed by atoms with van der Waals surface area (Å²) in [6.07, 6.45) is 0. The predicted molar refractivity (Wildman–Crippen MR) is 261 cm³/mol. The molecule has 0 saturated heterocycles. The first-order valence-electron chi connectivity index (χ1n) is 21.2. The number of thiophene rings is 1. The van der Waals surface area contributed by atoms with E-state index in [0.717, 1.165) is 11.4 Å². The fourth-order valence-corrected chi connectivity index (χ4v) is 11.3. The fourth-order valence-electron chi connectivity index (χ4n) is 8.81. The van der Waals surface area contributed by atoms with E-state index in [-0.39, 0.29) is 28.4 Å². The maximum Gasteiger partial charge on any atom is 0.262 e. The molecule has 2 nitrogen and oxygen atoms in total. The summed E-state index contributed by atoms with van der Waals surface area (Å²) in [5.41, 5.74) is 15.8. The van der Waals surface area contributed by atoms with Crippen molar-refractivity contribution in [3.05, 3.63) is 150 Å². The zero-order chi connectivity index (χ0) is 41.8. The standard InChI is InChI=1S/C54H57BN2S2/c1-51(2,3)34-16-23-38(24-17-34)56(39-25-18-35(19-26-39)52(4,5)6)41-29-30-43-47(33-41)58-46-15-13-14-44-48(46)55(43)50-49(42-32-37(54(10,11)12)22-31-45(42)59-50)57(44)40-27-20-36(21-28-40)53(7,8)9/h13-33H,1-12H3. The normalized spacial score (nSPS) is 14.0. The first-order valence-corrected chi connectivity index (χ1v) is 22.8. The van der Waals surface area contributed by atoms with Gasteiger partial charge in [0.15, 0.2) is 0 Å². The van der Waals surface area contributed by atoms with Gasteiger partial charge >= 0.3 is 0 Å². The van der Waals surface area contributed by atoms with Gasteiger partial charge in [-0.05, 0) is 122 Å². The highest BCUT2D eigenvalue weighted by atomic mass is 32.2. The number of fused-ring (bicyclic) bond motifs is 6. The molecule has 0 fully saturated rings. The quantitative estimate of drug-likeness (QED) is 0.164. The highest BCUT2D eigenvalue weighted by molar-refractivity contribution is 8.00. The van der Waals surface area contributed by atoms with Crippen LogP contribution in [0.4, 0.5) is 34.1 Å². The molecule has 0 aliphatic carbocycles. The van der Waals surface area contributed by atoms with Gasteiger partial charge in [-0.25, -0.2) is 0 Å². The number of rotatable bonds is 4. The summed E-state index contributed by atoms with van der Waals surface area (Å²) in [4.78, 5) is 7.67. The molecule has 5 heteroatoms. The van der Waals surface area contributed by atoms with Gasteiger partial charge in [-0.2, -0.15) is 0 Å². The van der Waals surface area contributed by atoms with Gasteiger partial charge in [0.25, 0.3) is 6.71 Å². The van der Waals surface area contributed by atoms with Crippen molar-refractivity contribution in [2.24, 2.45) is 0 Å². The Hall–Kier alpha value is -4.71. The molecule has 9 rings (SSSR count). The number of hydrogen-bond donors (Lipinski definition) is 0. The summed E-state index contributed by atoms with van der Waals surface area (Å²) in [5, 5.41) is 1.34. The molecule has 6 aromatic carbocycles. The molecule has 298 valence electrons. The molecular formula is C54H57BN2S2. The summed E-state index contributed by atoms with van der Waals surface area (Å²) in [6.45, 7) is 27.7. The Balaban J connectivity index is 1.23. The molecule has 3 heterocycles. The number of hydrogen-bond acceptors (Lipinski definition) is 4. The maximum atomic E-state index is 2.58. The molecule has 0 atom stereocenters. The summed E-state index contributed by atoms with van der Waals surface area (Å²) < 4.78 is 2.77. The van der Waals surface area contributed by atoms with E-state index in [2.05, 4.69) is 220 Å². The van der Waals surface area contributed by atoms with E-state index < -0.39 is 0 Å². The van der Waals surface area contributed by atoms with Crippen LogP contribution in [0.5, 0.6) is 0 Å². The zero-order valence-electron chi connectivity index (χ0n) is 36.9. The van der Waals surface area contributed by atoms with Gasteiger partial charge in [-0.1, -0.05) is 155 Å². The van der Waals surface area contributed by atoms with Gasteiger partial charge in [0.05, 0.1) is 5.69 Å². The van der Waals surface area contributed by atoms with Crippen molar-refractivity contribution in [1.29, 1.82) is 0 Å². The van der Waals surface area contributed by atoms with Crippen molar-refractivity contribution in [3.8, 4) is 0 Å². The van der Waals surface area contributed by atoms with E-state index in [1.165, 1.54) is 80.6 Å². The van der Waals surface area contributed by atoms with Gasteiger partial charge in [0.1, 0.15) is 0 Å². The first-order chi connectivity index (χ1) is 27.8. The van der Waals surface area contributed by atoms with Gasteiger partial charge in [0.2, 0.25) is 0 Å². The molecule has 2 aliphatic heterocycles. The molecule has 7 aromatic rings. The highest BCUT2D eigenvalue weighted by Gasteiger charge is 2.43. The fraction of sp³-hybridized carbons (Fsp3) is 0.296. The third-order valence-electron chi connectivity index (χ3n) is 12.4. The lowest BCUT2D eigenvalue weighted by atomic mass is 9.37. The molecule has 2 aliphatic rings. The monoisotopic (exact) mass is 808 g/mol. The topological polar surface area (TPSA) is 6.48 Å². The summed E-state index contributed by atoms with van der Waals surface area (Å²) in [7, 11) is 0. The Bertz CT molecular complexity index is 2660. The smallest absolute Gasteiger partial charge is 0.262 e. The maximum absolute atomic E-state index is 2.58. The minimum Gasteiger partial charge on any atom is -0.310 e. The Kier molecular flexibility index (Phi) is 9.38. The van der Waals surface area contributed by atoms with Crippen LogP contribution < -0.4 is 25.5 Å². The molecule has 0 spiro atoms. The number of anilines is 6. The lowest BCUT2D eigenvalue weighted by molar-refractivity contribution is 0.590. The van der Waals surface area contributed by atoms with Crippen molar-refractivity contribution in [3.63, 3.8) is 0 Å². The van der Waals surface area contributed by atoms with E-state index in [4.69, 9.17) is 0 Å². The largest absolute Gasteiger partial charge is 0.310 e. The van der Waals surface area contributed by atoms with Crippen molar-refractivity contribution in [2.75, 3.05) is 9.80 Å². The predicted octanol–water partition coefficient (Wildman–Crippen LogP) is 14.3. The van der Waals surface area contributed by atoms with Crippen molar-refractivity contribution in [2.45, 2.75) is 115 Å². The van der Waals surface area contributed by atoms with Crippen LogP contribution in [0, 0.1) is 0 Å². The number of nitrogens with zero attached hydrogens (tertiary/aromatic N) is 2. The summed E-state index contributed by atoms with van der Waals surface area (Å²) in [6, 6.07) is 49.2. The van der Waals surface area contributed by atoms with Crippen LogP contribution in [-0.4, -0.2) is 6.71 Å². The zero-order valence-corrected chi connectivity index (χ0v) is 38.5. The van der Waals surface area contributed by atoms with Crippen molar-refractivity contribution < 1.29 is 0 Å². The third-order valence-corrected chi connectivity index (χ3v) is 14.7. The van der Waals surface area contributed by atoms with Crippen LogP contribution in [0.3, 0.4) is 0 Å². The second-order valence-electron chi connectivity index (χ2n) is 20.8. The van der Waals surface area contributed by atoms with E-state index in [1.807, 2.05) is 23.1 Å². The van der Waals surface area contributed by atoms with E-state index in [1.54, 1.807) is 0 Å². The summed E-state index contributed by atoms with van der Waals surface area (Å²) >= 11 is 3.90. The van der Waals surface area contributed by atoms with E-state index in [9.17, 15) is 0 Å². The van der Waals surface area contributed by atoms with Gasteiger partial charge in [0, 0.05) is 53.1 Å². The SMILES string of the molecule is CC(C)(C)c1ccc(N(c2ccc(C(C)(C)C)cc2)c2ccc3c(c2)Sc2cccc4c2B3c2sc3ccc(C(C)(C)C)cc3c2N4c2ccc(C(C)(C)C)cc2)cc1. The second kappa shape index (κ2) is 13.9. The van der Waals surface area contributed by atoms with Crippen molar-refractivity contribution >= 4 is 89.7 Å². The Morgan fingerprint density at radius 1 is 0.492 bits per heavy atom. The van der Waals surface area contributed by atoms with Crippen LogP contribution in [0.1, 0.15) is 105 Å². The van der Waals surface area contributed by atoms with Gasteiger partial charge < -0.3 is 9.80 Å². The first kappa shape index (κ1) is 39.7. The van der Waals surface area contributed by atoms with Crippen LogP contribution >= 0.6 is 23.1 Å². The molecular weight excluding hydrogens is 752 g/mol. The molecule has 0 N–H and O–H groups in total. The van der Waals surface area contributed by atoms with Crippen LogP contribution in [0.15, 0.2) is 137 Å². The van der Waals surface area contributed by atoms with Crippen LogP contribution in [-0.2, 0) is 21.7 Å². The van der Waals surface area contributed by atoms with Gasteiger partial charge in [-0.3, -0.25) is 0 Å². The Morgan fingerprint density at radius 3 is 1.54 bits per heavy atom. The molecule has 0 unspecified atom stereocenters. The summed E-state index contributed by atoms with van der Waals surface area (Å²) in [5.74, 6) is 0. The molecule has 1 aromatic heterocycles. The average Bonchev–Trinajstić information content (AvgIpc) is 3.56. The lowest BCUT2D eigenvalue weighted by Gasteiger charge is -2.39. The minimum absolute atomic E-state index is 0.0401. The molecule has 0 bridgehead atoms. The van der Waals surface area contributed by atoms with Gasteiger partial charge in [-0.15, -0.1) is 11.3 Å². The minimum atomic E-state index is 0.0401. The third kappa shape index (κ3) is 7.02. The molecule has 0 amide bonds. The second-order valence-corrected chi connectivity index (χ2v) is 23.0. The van der Waals surface area contributed by atoms with E-state index in [0.29, 0.717) is 0 Å². The van der Waals surface area contributed by atoms with Crippen molar-refractivity contribution in [1.82, 2.24) is 0 Å². The number of benzene rings is 6. The highest BCUT2D eigenvalue weighted by Crippen LogP contribution is 2.48. The lowest BCUT2D eigenvalue weighted by Crippen LogP contribution is -2.58.